The third-order valence-corrected chi connectivity index (χ3v) is 3.99. The standard InChI is InChI=1S/C20H22N2O4/c21-20(26)19(25)16(13-14-7-3-1-4-8-14)22-18(24)12-11-17(23)15-9-5-2-6-10-15/h1-10,16,19,25H,11-13H2,(H2,21,26)(H,22,24)/t16-,19+/m0/s1. The second kappa shape index (κ2) is 9.48. The molecule has 0 saturated carbocycles. The smallest absolute Gasteiger partial charge is 0.248 e. The van der Waals surface area contributed by atoms with Crippen LogP contribution in [-0.2, 0) is 16.0 Å². The van der Waals surface area contributed by atoms with Crippen LogP contribution in [0.2, 0.25) is 0 Å². The number of amides is 2. The summed E-state index contributed by atoms with van der Waals surface area (Å²) in [6, 6.07) is 17.0. The van der Waals surface area contributed by atoms with Gasteiger partial charge in [-0.3, -0.25) is 14.4 Å². The van der Waals surface area contributed by atoms with E-state index >= 15 is 0 Å². The quantitative estimate of drug-likeness (QED) is 0.588. The van der Waals surface area contributed by atoms with Gasteiger partial charge in [-0.05, 0) is 12.0 Å². The SMILES string of the molecule is NC(=O)[C@H](O)[C@H](Cc1ccccc1)NC(=O)CCC(=O)c1ccccc1. The summed E-state index contributed by atoms with van der Waals surface area (Å²) in [4.78, 5) is 35.6. The Bertz CT molecular complexity index is 747. The van der Waals surface area contributed by atoms with Crippen LogP contribution in [0.3, 0.4) is 0 Å². The summed E-state index contributed by atoms with van der Waals surface area (Å²) in [5.74, 6) is -1.47. The van der Waals surface area contributed by atoms with Crippen LogP contribution in [0, 0.1) is 0 Å². The molecule has 0 aliphatic rings. The highest BCUT2D eigenvalue weighted by Crippen LogP contribution is 2.09. The minimum Gasteiger partial charge on any atom is -0.381 e. The molecule has 0 unspecified atom stereocenters. The lowest BCUT2D eigenvalue weighted by atomic mass is 10.00. The number of carbonyl (C=O) groups excluding carboxylic acids is 3. The number of nitrogens with one attached hydrogen (secondary N) is 1. The van der Waals surface area contributed by atoms with E-state index in [9.17, 15) is 19.5 Å². The predicted octanol–water partition coefficient (Wildman–Crippen LogP) is 1.22. The van der Waals surface area contributed by atoms with Crippen molar-refractivity contribution in [1.82, 2.24) is 5.32 Å². The average molecular weight is 354 g/mol. The second-order valence-corrected chi connectivity index (χ2v) is 6.00. The van der Waals surface area contributed by atoms with Gasteiger partial charge in [-0.2, -0.15) is 0 Å². The summed E-state index contributed by atoms with van der Waals surface area (Å²) < 4.78 is 0. The highest BCUT2D eigenvalue weighted by molar-refractivity contribution is 5.98. The number of primary amides is 1. The first-order valence-corrected chi connectivity index (χ1v) is 8.36. The molecule has 6 nitrogen and oxygen atoms in total. The Morgan fingerprint density at radius 1 is 0.923 bits per heavy atom. The highest BCUT2D eigenvalue weighted by atomic mass is 16.3. The zero-order chi connectivity index (χ0) is 18.9. The van der Waals surface area contributed by atoms with Crippen LogP contribution in [0.4, 0.5) is 0 Å². The topological polar surface area (TPSA) is 109 Å². The van der Waals surface area contributed by atoms with E-state index in [-0.39, 0.29) is 25.0 Å². The number of rotatable bonds is 9. The molecule has 0 saturated heterocycles. The summed E-state index contributed by atoms with van der Waals surface area (Å²) in [5.41, 5.74) is 6.56. The van der Waals surface area contributed by atoms with Gasteiger partial charge in [-0.25, -0.2) is 0 Å². The van der Waals surface area contributed by atoms with E-state index in [0.29, 0.717) is 5.56 Å². The molecule has 6 heteroatoms. The minimum atomic E-state index is -1.51. The molecule has 0 fully saturated rings. The van der Waals surface area contributed by atoms with Crippen LogP contribution in [0.5, 0.6) is 0 Å². The van der Waals surface area contributed by atoms with E-state index in [1.54, 1.807) is 24.3 Å². The van der Waals surface area contributed by atoms with Gasteiger partial charge >= 0.3 is 0 Å². The van der Waals surface area contributed by atoms with E-state index in [1.807, 2.05) is 36.4 Å². The number of Topliss-reactive ketones (excluding diaryl/α,β-unsaturated/α-hetero) is 1. The molecule has 0 aromatic heterocycles. The van der Waals surface area contributed by atoms with E-state index in [0.717, 1.165) is 5.56 Å². The fourth-order valence-corrected chi connectivity index (χ4v) is 2.58. The maximum Gasteiger partial charge on any atom is 0.248 e. The molecular weight excluding hydrogens is 332 g/mol. The van der Waals surface area contributed by atoms with Crippen molar-refractivity contribution in [3.8, 4) is 0 Å². The lowest BCUT2D eigenvalue weighted by Gasteiger charge is -2.22. The van der Waals surface area contributed by atoms with Crippen molar-refractivity contribution in [2.24, 2.45) is 5.73 Å². The van der Waals surface area contributed by atoms with Crippen LogP contribution in [-0.4, -0.2) is 34.8 Å². The maximum atomic E-state index is 12.2. The van der Waals surface area contributed by atoms with Gasteiger partial charge in [0.05, 0.1) is 6.04 Å². The van der Waals surface area contributed by atoms with E-state index < -0.39 is 24.0 Å². The van der Waals surface area contributed by atoms with Crippen molar-refractivity contribution >= 4 is 17.6 Å². The number of aliphatic hydroxyl groups excluding tert-OH is 1. The number of carbonyl (C=O) groups is 3. The van der Waals surface area contributed by atoms with Gasteiger partial charge in [0.25, 0.3) is 0 Å². The first kappa shape index (κ1) is 19.3. The number of hydrogen-bond donors (Lipinski definition) is 3. The summed E-state index contributed by atoms with van der Waals surface area (Å²) in [6.45, 7) is 0. The number of nitrogens with two attached hydrogens (primary N) is 1. The van der Waals surface area contributed by atoms with Crippen molar-refractivity contribution in [1.29, 1.82) is 0 Å². The largest absolute Gasteiger partial charge is 0.381 e. The molecule has 0 spiro atoms. The molecule has 0 bridgehead atoms. The highest BCUT2D eigenvalue weighted by Gasteiger charge is 2.26. The second-order valence-electron chi connectivity index (χ2n) is 6.00. The van der Waals surface area contributed by atoms with Gasteiger partial charge in [-0.1, -0.05) is 60.7 Å². The molecule has 4 N–H and O–H groups in total. The van der Waals surface area contributed by atoms with Crippen LogP contribution >= 0.6 is 0 Å². The lowest BCUT2D eigenvalue weighted by molar-refractivity contribution is -0.129. The van der Waals surface area contributed by atoms with Crippen molar-refractivity contribution in [2.45, 2.75) is 31.4 Å². The number of hydrogen-bond acceptors (Lipinski definition) is 4. The molecule has 0 aliphatic carbocycles. The molecule has 2 atom stereocenters. The molecule has 26 heavy (non-hydrogen) atoms. The Morgan fingerprint density at radius 3 is 2.08 bits per heavy atom. The fourth-order valence-electron chi connectivity index (χ4n) is 2.58. The zero-order valence-electron chi connectivity index (χ0n) is 14.3. The Morgan fingerprint density at radius 2 is 1.50 bits per heavy atom. The number of benzene rings is 2. The van der Waals surface area contributed by atoms with Crippen LogP contribution < -0.4 is 11.1 Å². The Labute approximate surface area is 152 Å². The van der Waals surface area contributed by atoms with Gasteiger partial charge in [0, 0.05) is 18.4 Å². The molecule has 2 amide bonds. The number of aliphatic hydroxyl groups is 1. The first-order chi connectivity index (χ1) is 12.5. The van der Waals surface area contributed by atoms with E-state index in [1.165, 1.54) is 0 Å². The van der Waals surface area contributed by atoms with Crippen molar-refractivity contribution in [3.63, 3.8) is 0 Å². The summed E-state index contributed by atoms with van der Waals surface area (Å²) >= 11 is 0. The molecule has 0 heterocycles. The normalized spacial score (nSPS) is 12.8. The zero-order valence-corrected chi connectivity index (χ0v) is 14.3. The molecule has 2 rings (SSSR count). The molecule has 2 aromatic carbocycles. The molecule has 2 aromatic rings. The molecular formula is C20H22N2O4. The Balaban J connectivity index is 1.95. The summed E-state index contributed by atoms with van der Waals surface area (Å²) in [7, 11) is 0. The van der Waals surface area contributed by atoms with Gasteiger partial charge in [-0.15, -0.1) is 0 Å². The molecule has 0 radical (unpaired) electrons. The van der Waals surface area contributed by atoms with Gasteiger partial charge < -0.3 is 16.2 Å². The van der Waals surface area contributed by atoms with Gasteiger partial charge in [0.2, 0.25) is 11.8 Å². The van der Waals surface area contributed by atoms with Gasteiger partial charge in [0.15, 0.2) is 11.9 Å². The van der Waals surface area contributed by atoms with Crippen LogP contribution in [0.25, 0.3) is 0 Å². The maximum absolute atomic E-state index is 12.2. The Hall–Kier alpha value is -2.99. The third-order valence-electron chi connectivity index (χ3n) is 3.99. The lowest BCUT2D eigenvalue weighted by Crippen LogP contribution is -2.50. The fraction of sp³-hybridized carbons (Fsp3) is 0.250. The third kappa shape index (κ3) is 5.82. The van der Waals surface area contributed by atoms with E-state index in [2.05, 4.69) is 5.32 Å². The predicted molar refractivity (Wildman–Crippen MR) is 97.3 cm³/mol. The first-order valence-electron chi connectivity index (χ1n) is 8.36. The van der Waals surface area contributed by atoms with Crippen molar-refractivity contribution < 1.29 is 19.5 Å². The number of ketones is 1. The molecule has 136 valence electrons. The summed E-state index contributed by atoms with van der Waals surface area (Å²) in [5, 5.41) is 12.6. The van der Waals surface area contributed by atoms with E-state index in [4.69, 9.17) is 5.73 Å². The van der Waals surface area contributed by atoms with Crippen LogP contribution in [0.1, 0.15) is 28.8 Å². The summed E-state index contributed by atoms with van der Waals surface area (Å²) in [6.07, 6.45) is -1.25. The van der Waals surface area contributed by atoms with Gasteiger partial charge in [0.1, 0.15) is 0 Å². The average Bonchev–Trinajstić information content (AvgIpc) is 2.66. The Kier molecular flexibility index (Phi) is 7.05. The minimum absolute atomic E-state index is 0.0372. The van der Waals surface area contributed by atoms with Crippen LogP contribution in [0.15, 0.2) is 60.7 Å². The van der Waals surface area contributed by atoms with Crippen molar-refractivity contribution in [2.75, 3.05) is 0 Å². The monoisotopic (exact) mass is 354 g/mol. The van der Waals surface area contributed by atoms with Crippen molar-refractivity contribution in [3.05, 3.63) is 71.8 Å². The molecule has 0 aliphatic heterocycles.